The van der Waals surface area contributed by atoms with Crippen LogP contribution in [0.4, 0.5) is 0 Å². The lowest BCUT2D eigenvalue weighted by atomic mass is 9.85. The van der Waals surface area contributed by atoms with E-state index in [-0.39, 0.29) is 18.1 Å². The fourth-order valence-corrected chi connectivity index (χ4v) is 5.76. The van der Waals surface area contributed by atoms with Crippen LogP contribution < -0.4 is 4.72 Å². The highest BCUT2D eigenvalue weighted by atomic mass is 32.2. The van der Waals surface area contributed by atoms with Crippen molar-refractivity contribution in [1.29, 1.82) is 0 Å². The summed E-state index contributed by atoms with van der Waals surface area (Å²) in [5.41, 5.74) is 2.25. The second-order valence-corrected chi connectivity index (χ2v) is 10.3. The zero-order chi connectivity index (χ0) is 19.8. The number of sulfonamides is 1. The highest BCUT2D eigenvalue weighted by Crippen LogP contribution is 2.47. The summed E-state index contributed by atoms with van der Waals surface area (Å²) in [6, 6.07) is 12.7. The Balaban J connectivity index is 1.49. The number of rotatable bonds is 4. The van der Waals surface area contributed by atoms with Gasteiger partial charge in [-0.3, -0.25) is 4.79 Å². The maximum absolute atomic E-state index is 12.3. The van der Waals surface area contributed by atoms with E-state index in [4.69, 9.17) is 4.74 Å². The number of likely N-dealkylation sites (tertiary alicyclic amines) is 1. The number of nitrogens with zero attached hydrogens (tertiary/aromatic N) is 1. The molecule has 6 nitrogen and oxygen atoms in total. The Morgan fingerprint density at radius 2 is 1.96 bits per heavy atom. The Morgan fingerprint density at radius 1 is 1.25 bits per heavy atom. The molecule has 2 aliphatic heterocycles. The third-order valence-electron chi connectivity index (χ3n) is 5.44. The van der Waals surface area contributed by atoms with E-state index in [1.165, 1.54) is 20.9 Å². The standard InChI is InChI=1S/C20H24N2O4S2/c1-28(24,25)21-14-18(23)22-10-8-20(9-11-22)19-16(7-12-26-20)13-17(27-19)15-5-3-2-4-6-15/h2-6,13,21H,7-12,14H2,1H3. The number of hydrogen-bond donors (Lipinski definition) is 1. The number of carbonyl (C=O) groups excluding carboxylic acids is 1. The van der Waals surface area contributed by atoms with Gasteiger partial charge in [0.15, 0.2) is 0 Å². The van der Waals surface area contributed by atoms with E-state index in [0.29, 0.717) is 19.7 Å². The molecular formula is C20H24N2O4S2. The predicted molar refractivity (Wildman–Crippen MR) is 110 cm³/mol. The average Bonchev–Trinajstić information content (AvgIpc) is 3.13. The summed E-state index contributed by atoms with van der Waals surface area (Å²) >= 11 is 1.80. The van der Waals surface area contributed by atoms with Crippen LogP contribution in [0.25, 0.3) is 10.4 Å². The van der Waals surface area contributed by atoms with E-state index in [2.05, 4.69) is 35.1 Å². The van der Waals surface area contributed by atoms with Crippen LogP contribution in [-0.2, 0) is 31.6 Å². The Morgan fingerprint density at radius 3 is 2.64 bits per heavy atom. The minimum absolute atomic E-state index is 0.185. The molecule has 1 aromatic carbocycles. The van der Waals surface area contributed by atoms with Crippen LogP contribution in [0.2, 0.25) is 0 Å². The molecule has 1 aromatic heterocycles. The lowest BCUT2D eigenvalue weighted by molar-refractivity contribution is -0.139. The number of thiophene rings is 1. The topological polar surface area (TPSA) is 75.7 Å². The number of amides is 1. The quantitative estimate of drug-likeness (QED) is 0.824. The molecule has 0 saturated carbocycles. The summed E-state index contributed by atoms with van der Waals surface area (Å²) < 4.78 is 31.0. The SMILES string of the molecule is CS(=O)(=O)NCC(=O)N1CCC2(CC1)OCCc1cc(-c3ccccc3)sc12. The molecular weight excluding hydrogens is 396 g/mol. The Hall–Kier alpha value is -1.74. The third kappa shape index (κ3) is 4.00. The zero-order valence-electron chi connectivity index (χ0n) is 15.8. The maximum atomic E-state index is 12.3. The number of piperidine rings is 1. The zero-order valence-corrected chi connectivity index (χ0v) is 17.4. The van der Waals surface area contributed by atoms with Crippen LogP contribution in [0.1, 0.15) is 23.3 Å². The molecule has 0 aliphatic carbocycles. The first-order valence-electron chi connectivity index (χ1n) is 9.41. The molecule has 0 bridgehead atoms. The Labute approximate surface area is 169 Å². The van der Waals surface area contributed by atoms with E-state index in [0.717, 1.165) is 25.5 Å². The van der Waals surface area contributed by atoms with Crippen molar-refractivity contribution < 1.29 is 17.9 Å². The lowest BCUT2D eigenvalue weighted by Gasteiger charge is -2.43. The van der Waals surface area contributed by atoms with Gasteiger partial charge in [0.1, 0.15) is 5.60 Å². The van der Waals surface area contributed by atoms with E-state index >= 15 is 0 Å². The molecule has 2 aliphatic rings. The summed E-state index contributed by atoms with van der Waals surface area (Å²) in [5, 5.41) is 0. The summed E-state index contributed by atoms with van der Waals surface area (Å²) in [4.78, 5) is 16.6. The molecule has 1 spiro atoms. The first-order chi connectivity index (χ1) is 13.4. The van der Waals surface area contributed by atoms with Crippen molar-refractivity contribution >= 4 is 27.3 Å². The number of nitrogens with one attached hydrogen (secondary N) is 1. The van der Waals surface area contributed by atoms with Gasteiger partial charge in [0.2, 0.25) is 15.9 Å². The molecule has 3 heterocycles. The molecule has 150 valence electrons. The molecule has 8 heteroatoms. The minimum Gasteiger partial charge on any atom is -0.369 e. The van der Waals surface area contributed by atoms with Gasteiger partial charge in [0.25, 0.3) is 0 Å². The van der Waals surface area contributed by atoms with Gasteiger partial charge >= 0.3 is 0 Å². The molecule has 1 fully saturated rings. The minimum atomic E-state index is -3.37. The third-order valence-corrected chi connectivity index (χ3v) is 7.52. The van der Waals surface area contributed by atoms with Crippen LogP contribution in [0.5, 0.6) is 0 Å². The molecule has 0 atom stereocenters. The fourth-order valence-electron chi connectivity index (χ4n) is 3.96. The molecule has 0 radical (unpaired) electrons. The number of hydrogen-bond acceptors (Lipinski definition) is 5. The van der Waals surface area contributed by atoms with Crippen LogP contribution in [-0.4, -0.2) is 51.7 Å². The van der Waals surface area contributed by atoms with Gasteiger partial charge in [-0.25, -0.2) is 13.1 Å². The summed E-state index contributed by atoms with van der Waals surface area (Å²) in [6.07, 6.45) is 3.45. The number of benzene rings is 1. The van der Waals surface area contributed by atoms with Gasteiger partial charge in [-0.2, -0.15) is 0 Å². The number of ether oxygens (including phenoxy) is 1. The Kier molecular flexibility index (Phi) is 5.30. The van der Waals surface area contributed by atoms with E-state index in [1.807, 2.05) is 6.07 Å². The molecule has 28 heavy (non-hydrogen) atoms. The van der Waals surface area contributed by atoms with Crippen LogP contribution in [0, 0.1) is 0 Å². The fraction of sp³-hybridized carbons (Fsp3) is 0.450. The largest absolute Gasteiger partial charge is 0.369 e. The van der Waals surface area contributed by atoms with Gasteiger partial charge in [0.05, 0.1) is 19.4 Å². The van der Waals surface area contributed by atoms with Gasteiger partial charge in [-0.05, 0) is 36.5 Å². The maximum Gasteiger partial charge on any atom is 0.237 e. The van der Waals surface area contributed by atoms with Gasteiger partial charge in [0, 0.05) is 22.8 Å². The van der Waals surface area contributed by atoms with Crippen molar-refractivity contribution in [2.75, 3.05) is 32.5 Å². The normalized spacial score (nSPS) is 18.8. The average molecular weight is 421 g/mol. The monoisotopic (exact) mass is 420 g/mol. The highest BCUT2D eigenvalue weighted by Gasteiger charge is 2.43. The summed E-state index contributed by atoms with van der Waals surface area (Å²) in [5.74, 6) is -0.188. The second kappa shape index (κ2) is 7.59. The summed E-state index contributed by atoms with van der Waals surface area (Å²) in [6.45, 7) is 1.65. The van der Waals surface area contributed by atoms with Crippen molar-refractivity contribution in [3.05, 3.63) is 46.8 Å². The van der Waals surface area contributed by atoms with Crippen molar-refractivity contribution in [2.24, 2.45) is 0 Å². The predicted octanol–water partition coefficient (Wildman–Crippen LogP) is 2.35. The van der Waals surface area contributed by atoms with Crippen molar-refractivity contribution in [1.82, 2.24) is 9.62 Å². The molecule has 4 rings (SSSR count). The van der Waals surface area contributed by atoms with Crippen LogP contribution in [0.3, 0.4) is 0 Å². The first kappa shape index (κ1) is 19.6. The van der Waals surface area contributed by atoms with Crippen LogP contribution in [0.15, 0.2) is 36.4 Å². The number of carbonyl (C=O) groups is 1. The van der Waals surface area contributed by atoms with Crippen molar-refractivity contribution in [3.8, 4) is 10.4 Å². The first-order valence-corrected chi connectivity index (χ1v) is 12.1. The van der Waals surface area contributed by atoms with E-state index < -0.39 is 10.0 Å². The number of fused-ring (bicyclic) bond motifs is 2. The lowest BCUT2D eigenvalue weighted by Crippen LogP contribution is -2.50. The molecule has 1 amide bonds. The van der Waals surface area contributed by atoms with E-state index in [9.17, 15) is 13.2 Å². The van der Waals surface area contributed by atoms with Gasteiger partial charge < -0.3 is 9.64 Å². The van der Waals surface area contributed by atoms with Crippen molar-refractivity contribution in [3.63, 3.8) is 0 Å². The molecule has 1 N–H and O–H groups in total. The second-order valence-electron chi connectivity index (χ2n) is 7.40. The molecule has 1 saturated heterocycles. The Bertz CT molecular complexity index is 961. The smallest absolute Gasteiger partial charge is 0.237 e. The van der Waals surface area contributed by atoms with E-state index in [1.54, 1.807) is 16.2 Å². The van der Waals surface area contributed by atoms with Gasteiger partial charge in [-0.1, -0.05) is 30.3 Å². The molecule has 0 unspecified atom stereocenters. The molecule has 2 aromatic rings. The van der Waals surface area contributed by atoms with Crippen LogP contribution >= 0.6 is 11.3 Å². The van der Waals surface area contributed by atoms with Gasteiger partial charge in [-0.15, -0.1) is 11.3 Å². The van der Waals surface area contributed by atoms with Crippen molar-refractivity contribution in [2.45, 2.75) is 24.9 Å². The highest BCUT2D eigenvalue weighted by molar-refractivity contribution is 7.88. The summed E-state index contributed by atoms with van der Waals surface area (Å²) in [7, 11) is -3.37.